The van der Waals surface area contributed by atoms with Gasteiger partial charge in [0.2, 0.25) is 5.91 Å². The molecule has 0 saturated heterocycles. The minimum absolute atomic E-state index is 0.174. The van der Waals surface area contributed by atoms with E-state index in [2.05, 4.69) is 15.5 Å². The molecule has 0 unspecified atom stereocenters. The quantitative estimate of drug-likeness (QED) is 0.536. The fourth-order valence-corrected chi connectivity index (χ4v) is 3.59. The second-order valence-corrected chi connectivity index (χ2v) is 7.45. The molecule has 2 heterocycles. The van der Waals surface area contributed by atoms with Gasteiger partial charge in [0.1, 0.15) is 12.1 Å². The molecule has 0 aliphatic heterocycles. The highest BCUT2D eigenvalue weighted by Gasteiger charge is 2.18. The van der Waals surface area contributed by atoms with Crippen LogP contribution in [-0.4, -0.2) is 25.5 Å². The van der Waals surface area contributed by atoms with Crippen LogP contribution in [0.15, 0.2) is 59.4 Å². The Morgan fingerprint density at radius 3 is 2.57 bits per heavy atom. The first kappa shape index (κ1) is 19.8. The highest BCUT2D eigenvalue weighted by atomic mass is 35.5. The molecule has 4 aromatic rings. The molecule has 4 rings (SSSR count). The number of aryl methyl sites for hydroxylation is 2. The number of nitrogens with one attached hydrogen (secondary N) is 1. The molecule has 0 aliphatic carbocycles. The number of carbonyl (C=O) groups is 1. The summed E-state index contributed by atoms with van der Waals surface area (Å²) in [7, 11) is 0. The summed E-state index contributed by atoms with van der Waals surface area (Å²) in [6.07, 6.45) is 0. The molecular formula is C22H20ClN5O2. The van der Waals surface area contributed by atoms with Crippen molar-refractivity contribution in [3.05, 3.63) is 86.9 Å². The molecule has 1 amide bonds. The minimum Gasteiger partial charge on any atom is -0.350 e. The Balaban J connectivity index is 1.62. The van der Waals surface area contributed by atoms with Crippen LogP contribution in [0.3, 0.4) is 0 Å². The number of para-hydroxylation sites is 1. The fraction of sp³-hybridized carbons (Fsp3) is 0.182. The normalized spacial score (nSPS) is 11.0. The smallest absolute Gasteiger partial charge is 0.278 e. The van der Waals surface area contributed by atoms with Gasteiger partial charge in [-0.05, 0) is 43.7 Å². The number of hydrogen-bond acceptors (Lipinski definition) is 4. The maximum absolute atomic E-state index is 13.1. The number of halogens is 1. The van der Waals surface area contributed by atoms with Crippen LogP contribution in [0.1, 0.15) is 17.0 Å². The van der Waals surface area contributed by atoms with Gasteiger partial charge in [-0.25, -0.2) is 9.36 Å². The van der Waals surface area contributed by atoms with Crippen LogP contribution in [0, 0.1) is 13.8 Å². The van der Waals surface area contributed by atoms with Crippen LogP contribution in [-0.2, 0) is 17.9 Å². The lowest BCUT2D eigenvalue weighted by Gasteiger charge is -2.08. The first-order valence-electron chi connectivity index (χ1n) is 9.47. The number of aromatic nitrogens is 4. The first-order chi connectivity index (χ1) is 14.4. The molecule has 0 radical (unpaired) electrons. The zero-order valence-corrected chi connectivity index (χ0v) is 17.3. The lowest BCUT2D eigenvalue weighted by molar-refractivity contribution is -0.122. The molecule has 152 valence electrons. The molecule has 0 bridgehead atoms. The minimum atomic E-state index is -0.340. The van der Waals surface area contributed by atoms with Crippen molar-refractivity contribution >= 4 is 28.4 Å². The molecular weight excluding hydrogens is 402 g/mol. The SMILES string of the molecule is Cc1nn(CC(=O)NCc2cccc(Cl)c2)c(=O)c2c(C)n(-c3ccccc3)nc12. The van der Waals surface area contributed by atoms with Crippen molar-refractivity contribution in [2.45, 2.75) is 26.9 Å². The topological polar surface area (TPSA) is 81.8 Å². The number of hydrogen-bond donors (Lipinski definition) is 1. The summed E-state index contributed by atoms with van der Waals surface area (Å²) in [4.78, 5) is 25.5. The van der Waals surface area contributed by atoms with Gasteiger partial charge >= 0.3 is 0 Å². The number of benzene rings is 2. The zero-order valence-electron chi connectivity index (χ0n) is 16.6. The van der Waals surface area contributed by atoms with Gasteiger partial charge in [0, 0.05) is 11.6 Å². The summed E-state index contributed by atoms with van der Waals surface area (Å²) in [5.41, 5.74) is 3.23. The van der Waals surface area contributed by atoms with E-state index in [9.17, 15) is 9.59 Å². The summed E-state index contributed by atoms with van der Waals surface area (Å²) in [5, 5.41) is 12.7. The van der Waals surface area contributed by atoms with Crippen LogP contribution in [0.25, 0.3) is 16.6 Å². The van der Waals surface area contributed by atoms with Crippen molar-refractivity contribution in [3.8, 4) is 5.69 Å². The Labute approximate surface area is 177 Å². The van der Waals surface area contributed by atoms with E-state index in [1.165, 1.54) is 4.68 Å². The Morgan fingerprint density at radius 1 is 1.07 bits per heavy atom. The number of carbonyl (C=O) groups excluding carboxylic acids is 1. The largest absolute Gasteiger partial charge is 0.350 e. The lowest BCUT2D eigenvalue weighted by atomic mass is 10.2. The predicted molar refractivity (Wildman–Crippen MR) is 116 cm³/mol. The van der Waals surface area contributed by atoms with Crippen LogP contribution in [0.2, 0.25) is 5.02 Å². The third-order valence-corrected chi connectivity index (χ3v) is 5.09. The highest BCUT2D eigenvalue weighted by molar-refractivity contribution is 6.30. The Bertz CT molecular complexity index is 1290. The van der Waals surface area contributed by atoms with Gasteiger partial charge in [-0.15, -0.1) is 0 Å². The monoisotopic (exact) mass is 421 g/mol. The maximum atomic E-state index is 13.1. The number of rotatable bonds is 5. The number of nitrogens with zero attached hydrogens (tertiary/aromatic N) is 4. The molecule has 2 aromatic carbocycles. The van der Waals surface area contributed by atoms with E-state index in [0.717, 1.165) is 11.3 Å². The summed E-state index contributed by atoms with van der Waals surface area (Å²) >= 11 is 5.97. The van der Waals surface area contributed by atoms with E-state index in [1.807, 2.05) is 49.4 Å². The molecule has 30 heavy (non-hydrogen) atoms. The molecule has 0 fully saturated rings. The second kappa shape index (κ2) is 8.12. The van der Waals surface area contributed by atoms with E-state index in [1.54, 1.807) is 23.7 Å². The van der Waals surface area contributed by atoms with Crippen molar-refractivity contribution < 1.29 is 4.79 Å². The Hall–Kier alpha value is -3.45. The number of fused-ring (bicyclic) bond motifs is 1. The van der Waals surface area contributed by atoms with Crippen LogP contribution in [0.4, 0.5) is 0 Å². The van der Waals surface area contributed by atoms with Gasteiger partial charge in [0.05, 0.1) is 22.5 Å². The predicted octanol–water partition coefficient (Wildman–Crippen LogP) is 3.17. The van der Waals surface area contributed by atoms with Gasteiger partial charge in [0.25, 0.3) is 5.56 Å². The van der Waals surface area contributed by atoms with Crippen LogP contribution in [0.5, 0.6) is 0 Å². The third kappa shape index (κ3) is 3.84. The molecule has 1 N–H and O–H groups in total. The van der Waals surface area contributed by atoms with E-state index in [-0.39, 0.29) is 18.0 Å². The summed E-state index contributed by atoms with van der Waals surface area (Å²) < 4.78 is 2.92. The average molecular weight is 422 g/mol. The van der Waals surface area contributed by atoms with Crippen molar-refractivity contribution in [3.63, 3.8) is 0 Å². The summed E-state index contributed by atoms with van der Waals surface area (Å²) in [6, 6.07) is 16.8. The van der Waals surface area contributed by atoms with E-state index < -0.39 is 0 Å². The lowest BCUT2D eigenvalue weighted by Crippen LogP contribution is -2.34. The van der Waals surface area contributed by atoms with E-state index in [4.69, 9.17) is 11.6 Å². The van der Waals surface area contributed by atoms with Gasteiger partial charge in [-0.2, -0.15) is 10.2 Å². The fourth-order valence-electron chi connectivity index (χ4n) is 3.38. The molecule has 0 atom stereocenters. The van der Waals surface area contributed by atoms with Crippen molar-refractivity contribution in [1.82, 2.24) is 24.9 Å². The molecule has 0 aliphatic rings. The van der Waals surface area contributed by atoms with Crippen LogP contribution < -0.4 is 10.9 Å². The molecule has 7 nitrogen and oxygen atoms in total. The second-order valence-electron chi connectivity index (χ2n) is 7.01. The van der Waals surface area contributed by atoms with Gasteiger partial charge < -0.3 is 5.32 Å². The standard InChI is InChI=1S/C22H20ClN5O2/c1-14-21-20(15(2)28(26-21)18-9-4-3-5-10-18)22(30)27(25-14)13-19(29)24-12-16-7-6-8-17(23)11-16/h3-11H,12-13H2,1-2H3,(H,24,29). The maximum Gasteiger partial charge on any atom is 0.278 e. The highest BCUT2D eigenvalue weighted by Crippen LogP contribution is 2.19. The molecule has 0 spiro atoms. The molecule has 0 saturated carbocycles. The van der Waals surface area contributed by atoms with Gasteiger partial charge in [-0.1, -0.05) is 41.9 Å². The van der Waals surface area contributed by atoms with E-state index in [0.29, 0.717) is 33.9 Å². The number of amides is 1. The van der Waals surface area contributed by atoms with Crippen molar-refractivity contribution in [2.24, 2.45) is 0 Å². The Morgan fingerprint density at radius 2 is 1.83 bits per heavy atom. The van der Waals surface area contributed by atoms with Crippen molar-refractivity contribution in [2.75, 3.05) is 0 Å². The van der Waals surface area contributed by atoms with Gasteiger partial charge in [0.15, 0.2) is 0 Å². The van der Waals surface area contributed by atoms with E-state index >= 15 is 0 Å². The Kier molecular flexibility index (Phi) is 5.37. The van der Waals surface area contributed by atoms with Gasteiger partial charge in [-0.3, -0.25) is 9.59 Å². The van der Waals surface area contributed by atoms with Crippen LogP contribution >= 0.6 is 11.6 Å². The first-order valence-corrected chi connectivity index (χ1v) is 9.85. The summed E-state index contributed by atoms with van der Waals surface area (Å²) in [6.45, 7) is 3.77. The average Bonchev–Trinajstić information content (AvgIpc) is 3.09. The third-order valence-electron chi connectivity index (χ3n) is 4.85. The van der Waals surface area contributed by atoms with Crippen molar-refractivity contribution in [1.29, 1.82) is 0 Å². The molecule has 2 aromatic heterocycles. The zero-order chi connectivity index (χ0) is 21.3. The molecule has 8 heteroatoms. The summed E-state index contributed by atoms with van der Waals surface area (Å²) in [5.74, 6) is -0.309.